The third kappa shape index (κ3) is 0.305. The highest BCUT2D eigenvalue weighted by Gasteiger charge is 3.15. The molecule has 80 valence electrons. The van der Waals surface area contributed by atoms with E-state index in [1.807, 2.05) is 0 Å². The van der Waals surface area contributed by atoms with Crippen LogP contribution in [0.3, 0.4) is 0 Å². The molecule has 0 spiro atoms. The molecule has 0 atom stereocenters. The van der Waals surface area contributed by atoms with Crippen molar-refractivity contribution in [2.24, 2.45) is 46.3 Å². The van der Waals surface area contributed by atoms with Crippen molar-refractivity contribution in [2.75, 3.05) is 0 Å². The van der Waals surface area contributed by atoms with Gasteiger partial charge in [-0.05, 0) is 35.5 Å². The average Bonchev–Trinajstić information content (AvgIpc) is 2.15. The van der Waals surface area contributed by atoms with Crippen LogP contribution < -0.4 is 0 Å². The van der Waals surface area contributed by atoms with Gasteiger partial charge in [-0.3, -0.25) is 4.79 Å². The molecule has 5 heteroatoms. The van der Waals surface area contributed by atoms with E-state index in [1.165, 1.54) is 0 Å². The van der Waals surface area contributed by atoms with E-state index in [0.29, 0.717) is 0 Å². The molecule has 15 heavy (non-hydrogen) atoms. The Bertz CT molecular complexity index is 399. The molecule has 1 N–H and O–H groups in total. The predicted molar refractivity (Wildman–Crippen MR) is 39.5 cm³/mol. The molecule has 0 radical (unpaired) electrons. The summed E-state index contributed by atoms with van der Waals surface area (Å²) in [6, 6.07) is 0. The number of aliphatic carboxylic acids is 1. The lowest BCUT2D eigenvalue weighted by molar-refractivity contribution is -0.678. The maximum Gasteiger partial charge on any atom is 0.395 e. The van der Waals surface area contributed by atoms with Gasteiger partial charge in [0.05, 0.1) is 10.8 Å². The van der Waals surface area contributed by atoms with Gasteiger partial charge >= 0.3 is 12.1 Å². The lowest BCUT2D eigenvalue weighted by Gasteiger charge is -3.09. The van der Waals surface area contributed by atoms with Crippen LogP contribution in [0.1, 0.15) is 0 Å². The number of halogens is 3. The first kappa shape index (κ1) is 7.52. The second kappa shape index (κ2) is 1.36. The van der Waals surface area contributed by atoms with Gasteiger partial charge < -0.3 is 5.11 Å². The zero-order chi connectivity index (χ0) is 10.5. The molecule has 0 aliphatic heterocycles. The van der Waals surface area contributed by atoms with Gasteiger partial charge in [0, 0.05) is 0 Å². The van der Waals surface area contributed by atoms with Gasteiger partial charge in [0.2, 0.25) is 0 Å². The molecule has 6 aliphatic rings. The molecule has 6 fully saturated rings. The first-order valence-corrected chi connectivity index (χ1v) is 5.23. The first-order chi connectivity index (χ1) is 6.93. The van der Waals surface area contributed by atoms with Crippen LogP contribution in [-0.4, -0.2) is 17.3 Å². The van der Waals surface area contributed by atoms with E-state index in [-0.39, 0.29) is 35.5 Å². The molecule has 6 rings (SSSR count). The van der Waals surface area contributed by atoms with E-state index in [4.69, 9.17) is 5.11 Å². The molecule has 0 aromatic carbocycles. The number of rotatable bonds is 1. The summed E-state index contributed by atoms with van der Waals surface area (Å²) in [5.74, 6) is -2.11. The van der Waals surface area contributed by atoms with E-state index < -0.39 is 23.0 Å². The highest BCUT2D eigenvalue weighted by Crippen LogP contribution is 3.11. The second-order valence-electron chi connectivity index (χ2n) is 5.82. The van der Waals surface area contributed by atoms with Crippen LogP contribution in [-0.2, 0) is 4.79 Å². The molecule has 0 aromatic rings. The van der Waals surface area contributed by atoms with Crippen LogP contribution >= 0.6 is 0 Å². The Hall–Kier alpha value is -0.740. The number of carboxylic acid groups (broad SMARTS) is 1. The molecule has 2 nitrogen and oxygen atoms in total. The van der Waals surface area contributed by atoms with Crippen LogP contribution in [0.2, 0.25) is 0 Å². The average molecular weight is 216 g/mol. The minimum atomic E-state index is -4.08. The van der Waals surface area contributed by atoms with E-state index in [2.05, 4.69) is 0 Å². The van der Waals surface area contributed by atoms with Crippen molar-refractivity contribution in [1.82, 2.24) is 0 Å². The Morgan fingerprint density at radius 3 is 1.67 bits per heavy atom. The largest absolute Gasteiger partial charge is 0.481 e. The summed E-state index contributed by atoms with van der Waals surface area (Å²) in [7, 11) is 0. The summed E-state index contributed by atoms with van der Waals surface area (Å²) in [5, 5.41) is 9.07. The zero-order valence-corrected chi connectivity index (χ0v) is 7.45. The lowest BCUT2D eigenvalue weighted by atomic mass is 8.92. The molecule has 0 heterocycles. The van der Waals surface area contributed by atoms with Crippen molar-refractivity contribution in [2.45, 2.75) is 6.18 Å². The Labute approximate surface area is 82.4 Å². The highest BCUT2D eigenvalue weighted by molar-refractivity contribution is 5.87. The monoisotopic (exact) mass is 216 g/mol. The third-order valence-corrected chi connectivity index (χ3v) is 6.49. The van der Waals surface area contributed by atoms with Crippen molar-refractivity contribution in [3.8, 4) is 0 Å². The maximum absolute atomic E-state index is 12.9. The van der Waals surface area contributed by atoms with E-state index in [9.17, 15) is 18.0 Å². The molecule has 0 saturated heterocycles. The highest BCUT2D eigenvalue weighted by atomic mass is 19.4. The van der Waals surface area contributed by atoms with Gasteiger partial charge in [0.15, 0.2) is 0 Å². The van der Waals surface area contributed by atoms with Crippen LogP contribution in [0, 0.1) is 46.3 Å². The summed E-state index contributed by atoms with van der Waals surface area (Å²) in [4.78, 5) is 11.1. The second-order valence-corrected chi connectivity index (χ2v) is 5.82. The minimum absolute atomic E-state index is 0.114. The molecule has 0 bridgehead atoms. The first-order valence-electron chi connectivity index (χ1n) is 5.23. The Morgan fingerprint density at radius 2 is 1.40 bits per heavy atom. The van der Waals surface area contributed by atoms with E-state index >= 15 is 0 Å². The van der Waals surface area contributed by atoms with Crippen LogP contribution in [0.25, 0.3) is 0 Å². The molecule has 6 aliphatic carbocycles. The van der Waals surface area contributed by atoms with E-state index in [1.54, 1.807) is 0 Å². The number of alkyl halides is 3. The van der Waals surface area contributed by atoms with Gasteiger partial charge in [-0.25, -0.2) is 0 Å². The fraction of sp³-hybridized carbons (Fsp3) is 0.900. The van der Waals surface area contributed by atoms with Gasteiger partial charge in [0.1, 0.15) is 0 Å². The summed E-state index contributed by atoms with van der Waals surface area (Å²) in [6.45, 7) is 0. The van der Waals surface area contributed by atoms with E-state index in [0.717, 1.165) is 0 Å². The normalized spacial score (nSPS) is 74.1. The van der Waals surface area contributed by atoms with Crippen molar-refractivity contribution >= 4 is 5.97 Å². The quantitative estimate of drug-likeness (QED) is 0.718. The summed E-state index contributed by atoms with van der Waals surface area (Å²) in [6.07, 6.45) is -4.08. The molecule has 0 unspecified atom stereocenters. The summed E-state index contributed by atoms with van der Waals surface area (Å²) >= 11 is 0. The fourth-order valence-corrected chi connectivity index (χ4v) is 6.52. The summed E-state index contributed by atoms with van der Waals surface area (Å²) < 4.78 is 38.6. The number of hydrogen-bond donors (Lipinski definition) is 1. The van der Waals surface area contributed by atoms with Crippen LogP contribution in [0.15, 0.2) is 0 Å². The topological polar surface area (TPSA) is 37.3 Å². The fourth-order valence-electron chi connectivity index (χ4n) is 6.52. The van der Waals surface area contributed by atoms with Gasteiger partial charge in [-0.1, -0.05) is 0 Å². The van der Waals surface area contributed by atoms with Gasteiger partial charge in [-0.2, -0.15) is 13.2 Å². The third-order valence-electron chi connectivity index (χ3n) is 6.49. The van der Waals surface area contributed by atoms with Crippen molar-refractivity contribution in [3.05, 3.63) is 0 Å². The maximum atomic E-state index is 12.9. The van der Waals surface area contributed by atoms with Crippen molar-refractivity contribution in [1.29, 1.82) is 0 Å². The standard InChI is InChI=1S/C10H7F3O2/c11-10(12,13)9-4-1-5(9)3-6(9)2(4)8(1,3)7(14)15/h1-6H,(H,14,15). The van der Waals surface area contributed by atoms with Gasteiger partial charge in [-0.15, -0.1) is 0 Å². The molecule has 0 aromatic heterocycles. The van der Waals surface area contributed by atoms with Crippen molar-refractivity contribution < 1.29 is 23.1 Å². The SMILES string of the molecule is O=C(O)C12C3C4C1C1C2C3C41C(F)(F)F. The summed E-state index contributed by atoms with van der Waals surface area (Å²) in [5.41, 5.74) is -2.07. The Kier molecular flexibility index (Phi) is 0.683. The molecular weight excluding hydrogens is 209 g/mol. The molecular formula is C10H7F3O2. The zero-order valence-electron chi connectivity index (χ0n) is 7.45. The minimum Gasteiger partial charge on any atom is -0.481 e. The number of carbonyl (C=O) groups is 1. The van der Waals surface area contributed by atoms with Crippen LogP contribution in [0.4, 0.5) is 13.2 Å². The van der Waals surface area contributed by atoms with Gasteiger partial charge in [0.25, 0.3) is 0 Å². The Morgan fingerprint density at radius 1 is 1.00 bits per heavy atom. The smallest absolute Gasteiger partial charge is 0.395 e. The lowest BCUT2D eigenvalue weighted by Crippen LogP contribution is -3.12. The Balaban J connectivity index is 1.62. The van der Waals surface area contributed by atoms with Crippen LogP contribution in [0.5, 0.6) is 0 Å². The number of hydrogen-bond acceptors (Lipinski definition) is 1. The molecule has 6 saturated carbocycles. The predicted octanol–water partition coefficient (Wildman–Crippen LogP) is 1.37. The molecule has 0 amide bonds. The number of carboxylic acids is 1. The van der Waals surface area contributed by atoms with Crippen molar-refractivity contribution in [3.63, 3.8) is 0 Å².